The molecule has 2 aromatic heterocycles. The van der Waals surface area contributed by atoms with E-state index in [1.54, 1.807) is 6.20 Å². The van der Waals surface area contributed by atoms with Crippen molar-refractivity contribution in [1.29, 1.82) is 0 Å². The van der Waals surface area contributed by atoms with Gasteiger partial charge in [0.05, 0.1) is 6.20 Å². The maximum absolute atomic E-state index is 13.2. The molecule has 0 aliphatic rings. The Kier molecular flexibility index (Phi) is 4.63. The van der Waals surface area contributed by atoms with Gasteiger partial charge in [0.2, 0.25) is 0 Å². The fraction of sp³-hybridized carbons (Fsp3) is 0.429. The Morgan fingerprint density at radius 1 is 1.42 bits per heavy atom. The van der Waals surface area contributed by atoms with Crippen LogP contribution >= 0.6 is 0 Å². The number of nitrogens with one attached hydrogen (secondary N) is 1. The predicted octanol–water partition coefficient (Wildman–Crippen LogP) is 2.33. The van der Waals surface area contributed by atoms with Gasteiger partial charge in [-0.25, -0.2) is 9.37 Å². The molecule has 2 aromatic rings. The number of aryl methyl sites for hydroxylation is 1. The van der Waals surface area contributed by atoms with E-state index in [1.807, 2.05) is 19.4 Å². The number of likely N-dealkylation sites (N-methyl/N-ethyl adjacent to an activating group) is 1. The third kappa shape index (κ3) is 3.38. The average Bonchev–Trinajstić information content (AvgIpc) is 2.84. The zero-order chi connectivity index (χ0) is 13.7. The van der Waals surface area contributed by atoms with Gasteiger partial charge >= 0.3 is 0 Å². The fourth-order valence-corrected chi connectivity index (χ4v) is 2.16. The van der Waals surface area contributed by atoms with Crippen molar-refractivity contribution in [3.05, 3.63) is 48.1 Å². The third-order valence-corrected chi connectivity index (χ3v) is 3.13. The average molecular weight is 262 g/mol. The van der Waals surface area contributed by atoms with Gasteiger partial charge in [-0.15, -0.1) is 0 Å². The van der Waals surface area contributed by atoms with Crippen molar-refractivity contribution in [2.75, 3.05) is 7.05 Å². The summed E-state index contributed by atoms with van der Waals surface area (Å²) in [5, 5.41) is 3.19. The Morgan fingerprint density at radius 2 is 2.26 bits per heavy atom. The Hall–Kier alpha value is -1.75. The smallest absolute Gasteiger partial charge is 0.141 e. The van der Waals surface area contributed by atoms with Crippen LogP contribution in [0.5, 0.6) is 0 Å². The van der Waals surface area contributed by atoms with Gasteiger partial charge in [-0.2, -0.15) is 0 Å². The lowest BCUT2D eigenvalue weighted by Gasteiger charge is -2.17. The SMILES string of the molecule is CCCn1ccnc1CC(NC)c1cncc(F)c1. The molecule has 2 rings (SSSR count). The predicted molar refractivity (Wildman–Crippen MR) is 72.2 cm³/mol. The van der Waals surface area contributed by atoms with Crippen LogP contribution in [0.2, 0.25) is 0 Å². The number of aromatic nitrogens is 3. The van der Waals surface area contributed by atoms with Gasteiger partial charge in [0.1, 0.15) is 11.6 Å². The summed E-state index contributed by atoms with van der Waals surface area (Å²) in [5.74, 6) is 0.695. The quantitative estimate of drug-likeness (QED) is 0.869. The van der Waals surface area contributed by atoms with Crippen LogP contribution in [0.4, 0.5) is 4.39 Å². The molecule has 1 atom stereocenters. The molecule has 1 N–H and O–H groups in total. The number of hydrogen-bond donors (Lipinski definition) is 1. The van der Waals surface area contributed by atoms with Crippen molar-refractivity contribution in [2.24, 2.45) is 0 Å². The van der Waals surface area contributed by atoms with Crippen molar-refractivity contribution in [1.82, 2.24) is 19.9 Å². The molecule has 0 spiro atoms. The van der Waals surface area contributed by atoms with E-state index in [0.717, 1.165) is 24.4 Å². The number of hydrogen-bond acceptors (Lipinski definition) is 3. The lowest BCUT2D eigenvalue weighted by Crippen LogP contribution is -2.21. The molecule has 0 amide bonds. The molecule has 102 valence electrons. The molecule has 19 heavy (non-hydrogen) atoms. The number of imidazole rings is 1. The Morgan fingerprint density at radius 3 is 2.95 bits per heavy atom. The van der Waals surface area contributed by atoms with Gasteiger partial charge in [0.25, 0.3) is 0 Å². The highest BCUT2D eigenvalue weighted by Gasteiger charge is 2.14. The number of pyridine rings is 1. The topological polar surface area (TPSA) is 42.7 Å². The molecular formula is C14H19FN4. The minimum atomic E-state index is -0.311. The van der Waals surface area contributed by atoms with Crippen LogP contribution < -0.4 is 5.32 Å². The van der Waals surface area contributed by atoms with Crippen molar-refractivity contribution in [3.63, 3.8) is 0 Å². The van der Waals surface area contributed by atoms with Crippen LogP contribution in [-0.2, 0) is 13.0 Å². The van der Waals surface area contributed by atoms with E-state index in [0.29, 0.717) is 6.42 Å². The third-order valence-electron chi connectivity index (χ3n) is 3.13. The van der Waals surface area contributed by atoms with E-state index in [1.165, 1.54) is 12.3 Å². The Bertz CT molecular complexity index is 524. The first-order valence-corrected chi connectivity index (χ1v) is 6.52. The minimum absolute atomic E-state index is 0.0150. The summed E-state index contributed by atoms with van der Waals surface area (Å²) in [5.41, 5.74) is 0.841. The summed E-state index contributed by atoms with van der Waals surface area (Å²) in [6.45, 7) is 3.09. The van der Waals surface area contributed by atoms with Gasteiger partial charge in [-0.05, 0) is 25.1 Å². The number of halogens is 1. The first-order chi connectivity index (χ1) is 9.24. The summed E-state index contributed by atoms with van der Waals surface area (Å²) < 4.78 is 15.4. The van der Waals surface area contributed by atoms with E-state index in [2.05, 4.69) is 26.8 Å². The molecule has 2 heterocycles. The first-order valence-electron chi connectivity index (χ1n) is 6.52. The highest BCUT2D eigenvalue weighted by molar-refractivity contribution is 5.16. The molecule has 0 aliphatic heterocycles. The van der Waals surface area contributed by atoms with Gasteiger partial charge in [-0.3, -0.25) is 4.98 Å². The van der Waals surface area contributed by atoms with Crippen LogP contribution in [0.15, 0.2) is 30.9 Å². The zero-order valence-corrected chi connectivity index (χ0v) is 11.3. The van der Waals surface area contributed by atoms with Crippen LogP contribution in [0.3, 0.4) is 0 Å². The second-order valence-electron chi connectivity index (χ2n) is 4.52. The molecule has 0 fully saturated rings. The zero-order valence-electron chi connectivity index (χ0n) is 11.3. The van der Waals surface area contributed by atoms with Gasteiger partial charge in [0.15, 0.2) is 0 Å². The van der Waals surface area contributed by atoms with Crippen molar-refractivity contribution in [3.8, 4) is 0 Å². The highest BCUT2D eigenvalue weighted by Crippen LogP contribution is 2.17. The highest BCUT2D eigenvalue weighted by atomic mass is 19.1. The fourth-order valence-electron chi connectivity index (χ4n) is 2.16. The molecule has 0 saturated carbocycles. The molecule has 5 heteroatoms. The van der Waals surface area contributed by atoms with Crippen molar-refractivity contribution >= 4 is 0 Å². The van der Waals surface area contributed by atoms with E-state index >= 15 is 0 Å². The molecule has 0 bridgehead atoms. The molecule has 0 aromatic carbocycles. The number of nitrogens with zero attached hydrogens (tertiary/aromatic N) is 3. The standard InChI is InChI=1S/C14H19FN4/c1-3-5-19-6-4-18-14(19)8-13(16-2)11-7-12(15)10-17-9-11/h4,6-7,9-10,13,16H,3,5,8H2,1-2H3. The lowest BCUT2D eigenvalue weighted by molar-refractivity contribution is 0.535. The second kappa shape index (κ2) is 6.43. The van der Waals surface area contributed by atoms with Crippen molar-refractivity contribution < 1.29 is 4.39 Å². The summed E-state index contributed by atoms with van der Waals surface area (Å²) >= 11 is 0. The van der Waals surface area contributed by atoms with E-state index in [4.69, 9.17) is 0 Å². The summed E-state index contributed by atoms with van der Waals surface area (Å²) in [7, 11) is 1.86. The van der Waals surface area contributed by atoms with E-state index in [9.17, 15) is 4.39 Å². The summed E-state index contributed by atoms with van der Waals surface area (Å²) in [4.78, 5) is 8.28. The Balaban J connectivity index is 2.17. The van der Waals surface area contributed by atoms with Crippen LogP contribution in [-0.4, -0.2) is 21.6 Å². The van der Waals surface area contributed by atoms with E-state index < -0.39 is 0 Å². The molecule has 0 aliphatic carbocycles. The molecule has 1 unspecified atom stereocenters. The summed E-state index contributed by atoms with van der Waals surface area (Å²) in [6.07, 6.45) is 8.48. The lowest BCUT2D eigenvalue weighted by atomic mass is 10.1. The van der Waals surface area contributed by atoms with Crippen molar-refractivity contribution in [2.45, 2.75) is 32.4 Å². The van der Waals surface area contributed by atoms with E-state index in [-0.39, 0.29) is 11.9 Å². The maximum atomic E-state index is 13.2. The first kappa shape index (κ1) is 13.7. The van der Waals surface area contributed by atoms with Gasteiger partial charge < -0.3 is 9.88 Å². The minimum Gasteiger partial charge on any atom is -0.335 e. The normalized spacial score (nSPS) is 12.6. The second-order valence-corrected chi connectivity index (χ2v) is 4.52. The summed E-state index contributed by atoms with van der Waals surface area (Å²) in [6, 6.07) is 1.53. The Labute approximate surface area is 112 Å². The van der Waals surface area contributed by atoms with Gasteiger partial charge in [0, 0.05) is 37.6 Å². The monoisotopic (exact) mass is 262 g/mol. The largest absolute Gasteiger partial charge is 0.335 e. The maximum Gasteiger partial charge on any atom is 0.141 e. The molecule has 4 nitrogen and oxygen atoms in total. The molecule has 0 saturated heterocycles. The number of rotatable bonds is 6. The van der Waals surface area contributed by atoms with Crippen LogP contribution in [0.1, 0.15) is 30.8 Å². The van der Waals surface area contributed by atoms with Crippen LogP contribution in [0, 0.1) is 5.82 Å². The van der Waals surface area contributed by atoms with Crippen LogP contribution in [0.25, 0.3) is 0 Å². The van der Waals surface area contributed by atoms with Gasteiger partial charge in [-0.1, -0.05) is 6.92 Å². The molecular weight excluding hydrogens is 243 g/mol. The molecule has 0 radical (unpaired) electrons.